The Hall–Kier alpha value is -1.77. The normalized spacial score (nSPS) is 10.3. The molecule has 0 N–H and O–H groups in total. The smallest absolute Gasteiger partial charge is 0.120 e. The van der Waals surface area contributed by atoms with Gasteiger partial charge in [-0.25, -0.2) is 4.98 Å². The van der Waals surface area contributed by atoms with Crippen LogP contribution in [0.1, 0.15) is 11.4 Å². The second kappa shape index (κ2) is 3.77. The Kier molecular flexibility index (Phi) is 2.46. The van der Waals surface area contributed by atoms with Gasteiger partial charge in [0, 0.05) is 11.8 Å². The summed E-state index contributed by atoms with van der Waals surface area (Å²) >= 11 is 0. The quantitative estimate of drug-likeness (QED) is 0.748. The number of methoxy groups -OCH3 is 1. The molecule has 0 saturated heterocycles. The van der Waals surface area contributed by atoms with Crippen LogP contribution in [-0.2, 0) is 0 Å². The molecule has 0 aliphatic carbocycles. The fraction of sp³-hybridized carbons (Fsp3) is 0.250. The van der Waals surface area contributed by atoms with Gasteiger partial charge in [0.05, 0.1) is 24.8 Å². The van der Waals surface area contributed by atoms with Gasteiger partial charge in [0.15, 0.2) is 0 Å². The van der Waals surface area contributed by atoms with Crippen LogP contribution >= 0.6 is 0 Å². The summed E-state index contributed by atoms with van der Waals surface area (Å²) in [5, 5.41) is 0. The largest absolute Gasteiger partial charge is 0.497 e. The van der Waals surface area contributed by atoms with Gasteiger partial charge in [-0.2, -0.15) is 0 Å². The van der Waals surface area contributed by atoms with Crippen molar-refractivity contribution in [2.24, 2.45) is 0 Å². The summed E-state index contributed by atoms with van der Waals surface area (Å²) in [6.45, 7) is 4.06. The highest BCUT2D eigenvalue weighted by atomic mass is 16.5. The molecule has 0 unspecified atom stereocenters. The third-order valence-electron chi connectivity index (χ3n) is 2.58. The Morgan fingerprint density at radius 1 is 1.27 bits per heavy atom. The molecular formula is C12H14N2O. The number of imidazole rings is 1. The van der Waals surface area contributed by atoms with Crippen molar-refractivity contribution in [1.29, 1.82) is 0 Å². The number of aromatic nitrogens is 2. The zero-order chi connectivity index (χ0) is 10.8. The molecule has 0 radical (unpaired) electrons. The van der Waals surface area contributed by atoms with Crippen LogP contribution < -0.4 is 4.74 Å². The van der Waals surface area contributed by atoms with E-state index in [1.54, 1.807) is 7.11 Å². The highest BCUT2D eigenvalue weighted by Gasteiger charge is 2.04. The Morgan fingerprint density at radius 3 is 2.67 bits per heavy atom. The van der Waals surface area contributed by atoms with Crippen LogP contribution in [0.25, 0.3) is 5.69 Å². The van der Waals surface area contributed by atoms with Crippen molar-refractivity contribution in [3.63, 3.8) is 0 Å². The molecule has 0 aliphatic rings. The predicted octanol–water partition coefficient (Wildman–Crippen LogP) is 2.50. The van der Waals surface area contributed by atoms with E-state index in [1.807, 2.05) is 37.5 Å². The number of benzene rings is 1. The van der Waals surface area contributed by atoms with Gasteiger partial charge in [-0.15, -0.1) is 0 Å². The standard InChI is InChI=1S/C12H14N2O/c1-9-10(2)14(8-13-9)11-5-4-6-12(7-11)15-3/h4-8H,1-3H3. The summed E-state index contributed by atoms with van der Waals surface area (Å²) in [6.07, 6.45) is 1.83. The molecule has 2 rings (SSSR count). The first-order valence-electron chi connectivity index (χ1n) is 4.87. The maximum absolute atomic E-state index is 5.19. The first-order chi connectivity index (χ1) is 7.22. The zero-order valence-electron chi connectivity index (χ0n) is 9.19. The molecule has 1 aromatic carbocycles. The lowest BCUT2D eigenvalue weighted by molar-refractivity contribution is 0.414. The average molecular weight is 202 g/mol. The monoisotopic (exact) mass is 202 g/mol. The fourth-order valence-corrected chi connectivity index (χ4v) is 1.52. The van der Waals surface area contributed by atoms with Crippen molar-refractivity contribution < 1.29 is 4.74 Å². The van der Waals surface area contributed by atoms with Crippen molar-refractivity contribution in [2.75, 3.05) is 7.11 Å². The molecule has 0 bridgehead atoms. The number of ether oxygens (including phenoxy) is 1. The third-order valence-corrected chi connectivity index (χ3v) is 2.58. The topological polar surface area (TPSA) is 27.1 Å². The summed E-state index contributed by atoms with van der Waals surface area (Å²) in [6, 6.07) is 7.94. The van der Waals surface area contributed by atoms with Gasteiger partial charge in [0.2, 0.25) is 0 Å². The van der Waals surface area contributed by atoms with Gasteiger partial charge >= 0.3 is 0 Å². The van der Waals surface area contributed by atoms with E-state index in [1.165, 1.54) is 0 Å². The first-order valence-corrected chi connectivity index (χ1v) is 4.87. The predicted molar refractivity (Wildman–Crippen MR) is 59.6 cm³/mol. The lowest BCUT2D eigenvalue weighted by Gasteiger charge is -2.07. The van der Waals surface area contributed by atoms with E-state index in [0.29, 0.717) is 0 Å². The molecule has 0 atom stereocenters. The number of aryl methyl sites for hydroxylation is 1. The van der Waals surface area contributed by atoms with Crippen LogP contribution in [-0.4, -0.2) is 16.7 Å². The van der Waals surface area contributed by atoms with Crippen molar-refractivity contribution in [3.8, 4) is 11.4 Å². The van der Waals surface area contributed by atoms with Crippen molar-refractivity contribution in [1.82, 2.24) is 9.55 Å². The fourth-order valence-electron chi connectivity index (χ4n) is 1.52. The lowest BCUT2D eigenvalue weighted by atomic mass is 10.3. The van der Waals surface area contributed by atoms with Crippen LogP contribution in [0.3, 0.4) is 0 Å². The second-order valence-electron chi connectivity index (χ2n) is 3.49. The molecule has 0 saturated carbocycles. The molecule has 3 nitrogen and oxygen atoms in total. The average Bonchev–Trinajstić information content (AvgIpc) is 2.60. The van der Waals surface area contributed by atoms with Gasteiger partial charge < -0.3 is 9.30 Å². The van der Waals surface area contributed by atoms with E-state index in [-0.39, 0.29) is 0 Å². The van der Waals surface area contributed by atoms with Crippen LogP contribution in [0.2, 0.25) is 0 Å². The van der Waals surface area contributed by atoms with Crippen LogP contribution in [0.5, 0.6) is 5.75 Å². The maximum atomic E-state index is 5.19. The molecule has 15 heavy (non-hydrogen) atoms. The van der Waals surface area contributed by atoms with E-state index in [4.69, 9.17) is 4.74 Å². The second-order valence-corrected chi connectivity index (χ2v) is 3.49. The van der Waals surface area contributed by atoms with Gasteiger partial charge in [-0.1, -0.05) is 6.07 Å². The van der Waals surface area contributed by atoms with Crippen LogP contribution in [0.4, 0.5) is 0 Å². The molecule has 0 aliphatic heterocycles. The van der Waals surface area contributed by atoms with Crippen molar-refractivity contribution >= 4 is 0 Å². The van der Waals surface area contributed by atoms with Gasteiger partial charge in [-0.3, -0.25) is 0 Å². The van der Waals surface area contributed by atoms with Gasteiger partial charge in [-0.05, 0) is 26.0 Å². The number of rotatable bonds is 2. The summed E-state index contributed by atoms with van der Waals surface area (Å²) in [5.74, 6) is 0.859. The molecule has 0 fully saturated rings. The zero-order valence-corrected chi connectivity index (χ0v) is 9.19. The Labute approximate surface area is 89.3 Å². The Bertz CT molecular complexity index is 474. The Morgan fingerprint density at radius 2 is 2.07 bits per heavy atom. The molecule has 0 spiro atoms. The summed E-state index contributed by atoms with van der Waals surface area (Å²) < 4.78 is 7.24. The molecule has 1 heterocycles. The van der Waals surface area contributed by atoms with E-state index in [2.05, 4.69) is 16.5 Å². The van der Waals surface area contributed by atoms with Crippen LogP contribution in [0.15, 0.2) is 30.6 Å². The number of hydrogen-bond acceptors (Lipinski definition) is 2. The van der Waals surface area contributed by atoms with E-state index in [9.17, 15) is 0 Å². The molecule has 1 aromatic heterocycles. The molecule has 2 aromatic rings. The van der Waals surface area contributed by atoms with E-state index in [0.717, 1.165) is 22.8 Å². The third kappa shape index (κ3) is 1.73. The molecule has 3 heteroatoms. The van der Waals surface area contributed by atoms with Gasteiger partial charge in [0.25, 0.3) is 0 Å². The van der Waals surface area contributed by atoms with Crippen molar-refractivity contribution in [2.45, 2.75) is 13.8 Å². The van der Waals surface area contributed by atoms with Crippen molar-refractivity contribution in [3.05, 3.63) is 42.0 Å². The molecule has 0 amide bonds. The highest BCUT2D eigenvalue weighted by molar-refractivity contribution is 5.41. The first kappa shape index (κ1) is 9.77. The number of nitrogens with zero attached hydrogens (tertiary/aromatic N) is 2. The highest BCUT2D eigenvalue weighted by Crippen LogP contribution is 2.18. The Balaban J connectivity index is 2.49. The summed E-state index contributed by atoms with van der Waals surface area (Å²) in [4.78, 5) is 4.27. The summed E-state index contributed by atoms with van der Waals surface area (Å²) in [5.41, 5.74) is 3.29. The number of hydrogen-bond donors (Lipinski definition) is 0. The minimum absolute atomic E-state index is 0.859. The van der Waals surface area contributed by atoms with E-state index < -0.39 is 0 Å². The molecular weight excluding hydrogens is 188 g/mol. The van der Waals surface area contributed by atoms with Crippen LogP contribution in [0, 0.1) is 13.8 Å². The summed E-state index contributed by atoms with van der Waals surface area (Å²) in [7, 11) is 1.67. The molecule has 78 valence electrons. The minimum Gasteiger partial charge on any atom is -0.497 e. The van der Waals surface area contributed by atoms with Gasteiger partial charge in [0.1, 0.15) is 5.75 Å². The SMILES string of the molecule is COc1cccc(-n2cnc(C)c2C)c1. The minimum atomic E-state index is 0.859. The van der Waals surface area contributed by atoms with E-state index >= 15 is 0 Å². The lowest BCUT2D eigenvalue weighted by Crippen LogP contribution is -1.95. The maximum Gasteiger partial charge on any atom is 0.120 e.